The minimum atomic E-state index is -0.745. The molecule has 25 nitrogen and oxygen atoms in total. The summed E-state index contributed by atoms with van der Waals surface area (Å²) in [7, 11) is 7.76. The summed E-state index contributed by atoms with van der Waals surface area (Å²) < 4.78 is 9.88. The third-order valence-electron chi connectivity index (χ3n) is 8.66. The van der Waals surface area contributed by atoms with E-state index in [1.54, 1.807) is 42.0 Å². The van der Waals surface area contributed by atoms with Crippen LogP contribution in [0.2, 0.25) is 0 Å². The Kier molecular flexibility index (Phi) is 104. The van der Waals surface area contributed by atoms with Gasteiger partial charge in [-0.2, -0.15) is 0 Å². The molecule has 0 aliphatic rings. The molecule has 484 valence electrons. The minimum Gasteiger partial charge on any atom is -0.481 e. The Labute approximate surface area is 488 Å². The molecule has 5 amide bonds. The molecule has 0 saturated carbocycles. The first-order valence-corrected chi connectivity index (χ1v) is 27.3. The number of rotatable bonds is 33. The fraction of sp³-hybridized carbons (Fsp3) is 0.768. The maximum atomic E-state index is 11.2. The Morgan fingerprint density at radius 3 is 1.36 bits per heavy atom. The number of primary amides is 1. The Morgan fingerprint density at radius 2 is 1.06 bits per heavy atom. The molecular weight excluding hydrogens is 1050 g/mol. The number of nitrogens with one attached hydrogen (secondary N) is 8. The average molecular weight is 1170 g/mol. The van der Waals surface area contributed by atoms with Crippen molar-refractivity contribution in [1.82, 2.24) is 42.5 Å². The smallest absolute Gasteiger partial charge is 0.303 e. The summed E-state index contributed by atoms with van der Waals surface area (Å²) in [5.74, 6) is -1.39. The molecule has 0 aromatic carbocycles. The standard InChI is InChI=1S/C9H18O.C8H17N3O2.C8H14N2O3.C8H16N2O2.C6H12N2O2.C6H14O3.C3H6O2.C3H8.C2H6.C2H4.CH4O/c1-8(2,3)6-9(4,5)7-10;1-10-7(8(9)13)4-2-3-5-11-6-12;1-9-7(3-2-5-11)8(13)10-4-6-12;1-6(2)7(9-3)8(12)10-4-5-11;1-5(7-2)6(10)8-3-4-9;1-2-8-5-6-9-4-3-7;1-2-3(4)5;1-3-2;3*1-2/h7H,6H2,1-5H3;6-7,10H,2-5H2,1H3,(H2,9,13)(H,11,12);5-7,9H,2-4H2,1H3,(H,10,13);5-7,9H,4H2,1-3H3,(H,10,12);4-5,7H,3H2,1-2H3,(H,8,10);7H,2-6H2,1H3;2H2,1H3,(H,4,5);3H2,1-2H3;1-2H3;1-2H2;2H,1H3. The number of carboxylic acids is 1. The van der Waals surface area contributed by atoms with E-state index >= 15 is 0 Å². The van der Waals surface area contributed by atoms with Crippen molar-refractivity contribution in [3.8, 4) is 0 Å². The number of likely N-dealkylation sites (N-methyl/N-ethyl adjacent to an activating group) is 4. The maximum absolute atomic E-state index is 11.2. The second kappa shape index (κ2) is 83.4. The molecule has 0 aromatic heterocycles. The van der Waals surface area contributed by atoms with Crippen LogP contribution in [0.3, 0.4) is 0 Å². The van der Waals surface area contributed by atoms with Crippen LogP contribution in [-0.2, 0) is 62.2 Å². The molecular formula is C56H119N9O16. The van der Waals surface area contributed by atoms with Crippen molar-refractivity contribution in [3.63, 3.8) is 0 Å². The van der Waals surface area contributed by atoms with Gasteiger partial charge in [-0.05, 0) is 85.5 Å². The second-order valence-electron chi connectivity index (χ2n) is 18.0. The number of carboxylic acid groups (broad SMARTS) is 1. The molecule has 0 aromatic rings. The van der Waals surface area contributed by atoms with Crippen LogP contribution in [0.4, 0.5) is 0 Å². The van der Waals surface area contributed by atoms with E-state index in [-0.39, 0.29) is 91.2 Å². The lowest BCUT2D eigenvalue weighted by Crippen LogP contribution is -2.46. The Bertz CT molecular complexity index is 1420. The highest BCUT2D eigenvalue weighted by Crippen LogP contribution is 2.31. The molecule has 0 aliphatic carbocycles. The lowest BCUT2D eigenvalue weighted by molar-refractivity contribution is -0.136. The van der Waals surface area contributed by atoms with Crippen LogP contribution >= 0.6 is 0 Å². The largest absolute Gasteiger partial charge is 0.481 e. The van der Waals surface area contributed by atoms with Crippen LogP contribution in [0, 0.1) is 16.7 Å². The van der Waals surface area contributed by atoms with Gasteiger partial charge in [0.2, 0.25) is 30.0 Å². The number of amides is 5. The van der Waals surface area contributed by atoms with E-state index in [4.69, 9.17) is 30.5 Å². The first kappa shape index (κ1) is 101. The van der Waals surface area contributed by atoms with Crippen molar-refractivity contribution in [2.75, 3.05) is 94.5 Å². The predicted octanol–water partition coefficient (Wildman–Crippen LogP) is 2.31. The number of aliphatic carboxylic acids is 1. The highest BCUT2D eigenvalue weighted by atomic mass is 16.5. The van der Waals surface area contributed by atoms with Gasteiger partial charge in [0.05, 0.1) is 70.2 Å². The van der Waals surface area contributed by atoms with Crippen molar-refractivity contribution >= 4 is 67.4 Å². The number of hydrogen-bond acceptors (Lipinski definition) is 19. The Morgan fingerprint density at radius 1 is 0.630 bits per heavy atom. The first-order chi connectivity index (χ1) is 38.2. The second-order valence-corrected chi connectivity index (χ2v) is 18.0. The van der Waals surface area contributed by atoms with Crippen molar-refractivity contribution in [3.05, 3.63) is 13.2 Å². The number of carbonyl (C=O) groups is 11. The molecule has 0 radical (unpaired) electrons. The van der Waals surface area contributed by atoms with Crippen molar-refractivity contribution in [2.45, 2.75) is 172 Å². The van der Waals surface area contributed by atoms with Gasteiger partial charge in [-0.1, -0.05) is 89.5 Å². The zero-order valence-corrected chi connectivity index (χ0v) is 53.5. The number of carbonyl (C=O) groups excluding carboxylic acids is 10. The number of aliphatic hydroxyl groups excluding tert-OH is 2. The van der Waals surface area contributed by atoms with Gasteiger partial charge in [-0.3, -0.25) is 28.8 Å². The molecule has 0 fully saturated rings. The van der Waals surface area contributed by atoms with Gasteiger partial charge in [0.25, 0.3) is 0 Å². The number of hydrogen-bond donors (Lipinski definition) is 12. The van der Waals surface area contributed by atoms with Gasteiger partial charge >= 0.3 is 5.97 Å². The lowest BCUT2D eigenvalue weighted by atomic mass is 9.77. The molecule has 81 heavy (non-hydrogen) atoms. The van der Waals surface area contributed by atoms with E-state index in [1.807, 2.05) is 48.5 Å². The summed E-state index contributed by atoms with van der Waals surface area (Å²) in [5.41, 5.74) is 5.21. The Hall–Kier alpha value is -5.41. The number of nitrogens with two attached hydrogens (primary N) is 1. The third-order valence-corrected chi connectivity index (χ3v) is 8.66. The normalized spacial score (nSPS) is 10.8. The van der Waals surface area contributed by atoms with Crippen molar-refractivity contribution < 1.29 is 77.5 Å². The molecule has 4 unspecified atom stereocenters. The molecule has 0 spiro atoms. The lowest BCUT2D eigenvalue weighted by Gasteiger charge is -2.27. The SMILES string of the molecule is C=C.CC.CC(C)(C)CC(C)(C)C=O.CCC.CCC(=O)O.CCOCCOCCO.CNC(C(=O)NCC=O)C(C)C.CNC(C)C(=O)NCC=O.CNC(CCC=O)C(=O)NCC=O.CNC(CCCCNC=O)C(N)=O.CO. The topological polar surface area (TPSA) is 389 Å². The quantitative estimate of drug-likeness (QED) is 0.0255. The number of ether oxygens (including phenoxy) is 2. The predicted molar refractivity (Wildman–Crippen MR) is 324 cm³/mol. The van der Waals surface area contributed by atoms with Crippen LogP contribution in [0.15, 0.2) is 13.2 Å². The van der Waals surface area contributed by atoms with Crippen LogP contribution < -0.4 is 48.3 Å². The summed E-state index contributed by atoms with van der Waals surface area (Å²) in [6.45, 7) is 37.1. The fourth-order valence-corrected chi connectivity index (χ4v) is 5.25. The van der Waals surface area contributed by atoms with Gasteiger partial charge in [-0.25, -0.2) is 0 Å². The molecule has 0 heterocycles. The molecule has 0 saturated heterocycles. The first-order valence-electron chi connectivity index (χ1n) is 27.3. The fourth-order valence-electron chi connectivity index (χ4n) is 5.25. The zero-order chi connectivity index (χ0) is 66.1. The zero-order valence-electron chi connectivity index (χ0n) is 53.5. The van der Waals surface area contributed by atoms with Gasteiger partial charge < -0.3 is 97.0 Å². The van der Waals surface area contributed by atoms with E-state index in [9.17, 15) is 52.7 Å². The summed E-state index contributed by atoms with van der Waals surface area (Å²) in [6, 6.07) is -1.11. The molecule has 0 bridgehead atoms. The Balaban J connectivity index is -0.0000000773. The summed E-state index contributed by atoms with van der Waals surface area (Å²) >= 11 is 0. The molecule has 25 heteroatoms. The molecule has 13 N–H and O–H groups in total. The van der Waals surface area contributed by atoms with E-state index in [1.165, 1.54) is 6.42 Å². The van der Waals surface area contributed by atoms with Crippen molar-refractivity contribution in [2.24, 2.45) is 22.5 Å². The molecule has 0 rings (SSSR count). The van der Waals surface area contributed by atoms with Crippen LogP contribution in [-0.4, -0.2) is 201 Å². The van der Waals surface area contributed by atoms with E-state index < -0.39 is 12.0 Å². The van der Waals surface area contributed by atoms with E-state index in [2.05, 4.69) is 90.3 Å². The van der Waals surface area contributed by atoms with Crippen LogP contribution in [0.5, 0.6) is 0 Å². The summed E-state index contributed by atoms with van der Waals surface area (Å²) in [6.07, 6.45) is 10.1. The van der Waals surface area contributed by atoms with E-state index in [0.29, 0.717) is 70.9 Å². The van der Waals surface area contributed by atoms with Gasteiger partial charge in [0.1, 0.15) is 31.4 Å². The average Bonchev–Trinajstić information content (AvgIpc) is 3.44. The molecule has 4 atom stereocenters. The third kappa shape index (κ3) is 100. The maximum Gasteiger partial charge on any atom is 0.303 e. The number of aldehydes is 5. The van der Waals surface area contributed by atoms with Gasteiger partial charge in [0.15, 0.2) is 0 Å². The van der Waals surface area contributed by atoms with Gasteiger partial charge in [0, 0.05) is 38.5 Å². The number of unbranched alkanes of at least 4 members (excludes halogenated alkanes) is 1. The van der Waals surface area contributed by atoms with E-state index in [0.717, 1.165) is 45.6 Å². The monoisotopic (exact) mass is 1170 g/mol. The highest BCUT2D eigenvalue weighted by molar-refractivity contribution is 5.84. The summed E-state index contributed by atoms with van der Waals surface area (Å²) in [4.78, 5) is 113. The van der Waals surface area contributed by atoms with Crippen LogP contribution in [0.1, 0.15) is 148 Å². The highest BCUT2D eigenvalue weighted by Gasteiger charge is 2.24. The minimum absolute atomic E-state index is 0.0120. The van der Waals surface area contributed by atoms with Crippen molar-refractivity contribution in [1.29, 1.82) is 0 Å². The van der Waals surface area contributed by atoms with Gasteiger partial charge in [-0.15, -0.1) is 13.2 Å². The molecule has 0 aliphatic heterocycles. The summed E-state index contributed by atoms with van der Waals surface area (Å²) in [5, 5.41) is 44.1. The number of aliphatic hydroxyl groups is 2. The van der Waals surface area contributed by atoms with Crippen LogP contribution in [0.25, 0.3) is 0 Å².